The standard InChI is InChI=1S/C20H24N2OS/c1-15-7-10-19(24-15)14-21-12-17-8-9-18(13-21)22(20(17)23)11-16-5-3-2-4-6-16/h2-7,10,17-18H,8-9,11-14H2,1H3/t17-,18+/m1/s1. The number of hydrogen-bond donors (Lipinski definition) is 0. The number of benzene rings is 1. The predicted octanol–water partition coefficient (Wildman–Crippen LogP) is 3.68. The number of nitrogens with zero attached hydrogens (tertiary/aromatic N) is 2. The zero-order valence-corrected chi connectivity index (χ0v) is 15.0. The Bertz CT molecular complexity index is 711. The first-order valence-corrected chi connectivity index (χ1v) is 9.63. The highest BCUT2D eigenvalue weighted by Crippen LogP contribution is 2.31. The number of hydrogen-bond acceptors (Lipinski definition) is 3. The summed E-state index contributed by atoms with van der Waals surface area (Å²) in [5.74, 6) is 0.536. The Morgan fingerprint density at radius 1 is 1.04 bits per heavy atom. The zero-order chi connectivity index (χ0) is 16.5. The first kappa shape index (κ1) is 15.9. The molecular weight excluding hydrogens is 316 g/mol. The number of amides is 1. The van der Waals surface area contributed by atoms with Gasteiger partial charge in [0.1, 0.15) is 0 Å². The number of thiophene rings is 1. The fourth-order valence-corrected chi connectivity index (χ4v) is 4.97. The lowest BCUT2D eigenvalue weighted by molar-refractivity contribution is -0.140. The summed E-state index contributed by atoms with van der Waals surface area (Å²) < 4.78 is 0. The molecule has 2 atom stereocenters. The topological polar surface area (TPSA) is 23.6 Å². The maximum absolute atomic E-state index is 12.9. The van der Waals surface area contributed by atoms with Crippen LogP contribution in [0.15, 0.2) is 42.5 Å². The second-order valence-corrected chi connectivity index (χ2v) is 8.46. The van der Waals surface area contributed by atoms with Gasteiger partial charge in [-0.3, -0.25) is 9.69 Å². The van der Waals surface area contributed by atoms with E-state index in [1.807, 2.05) is 17.4 Å². The minimum Gasteiger partial charge on any atom is -0.334 e. The van der Waals surface area contributed by atoms with Gasteiger partial charge in [-0.2, -0.15) is 0 Å². The smallest absolute Gasteiger partial charge is 0.227 e. The average Bonchev–Trinajstić information content (AvgIpc) is 2.82. The third-order valence-electron chi connectivity index (χ3n) is 5.24. The van der Waals surface area contributed by atoms with Crippen molar-refractivity contribution < 1.29 is 4.79 Å². The molecule has 24 heavy (non-hydrogen) atoms. The highest BCUT2D eigenvalue weighted by molar-refractivity contribution is 7.11. The van der Waals surface area contributed by atoms with Crippen molar-refractivity contribution in [3.8, 4) is 0 Å². The molecule has 4 heterocycles. The van der Waals surface area contributed by atoms with Crippen LogP contribution in [-0.2, 0) is 17.9 Å². The molecule has 3 aliphatic heterocycles. The molecule has 4 heteroatoms. The van der Waals surface area contributed by atoms with Gasteiger partial charge in [0.2, 0.25) is 5.91 Å². The summed E-state index contributed by atoms with van der Waals surface area (Å²) in [5, 5.41) is 0. The molecule has 0 unspecified atom stereocenters. The number of carbonyl (C=O) groups excluding carboxylic acids is 1. The average molecular weight is 340 g/mol. The van der Waals surface area contributed by atoms with E-state index >= 15 is 0 Å². The monoisotopic (exact) mass is 340 g/mol. The van der Waals surface area contributed by atoms with Gasteiger partial charge < -0.3 is 4.90 Å². The quantitative estimate of drug-likeness (QED) is 0.848. The van der Waals surface area contributed by atoms with Crippen LogP contribution < -0.4 is 0 Å². The summed E-state index contributed by atoms with van der Waals surface area (Å²) in [6.45, 7) is 5.82. The minimum atomic E-state index is 0.175. The molecule has 0 aliphatic carbocycles. The molecule has 3 fully saturated rings. The van der Waals surface area contributed by atoms with Crippen molar-refractivity contribution in [2.24, 2.45) is 5.92 Å². The second-order valence-electron chi connectivity index (χ2n) is 7.09. The Labute approximate surface area is 147 Å². The summed E-state index contributed by atoms with van der Waals surface area (Å²) >= 11 is 1.88. The molecule has 126 valence electrons. The van der Waals surface area contributed by atoms with Crippen molar-refractivity contribution >= 4 is 17.2 Å². The molecule has 1 aromatic heterocycles. The Hall–Kier alpha value is -1.65. The van der Waals surface area contributed by atoms with Crippen molar-refractivity contribution in [1.82, 2.24) is 9.80 Å². The van der Waals surface area contributed by atoms with E-state index < -0.39 is 0 Å². The van der Waals surface area contributed by atoms with E-state index in [-0.39, 0.29) is 5.92 Å². The van der Waals surface area contributed by atoms with Crippen LogP contribution >= 0.6 is 11.3 Å². The van der Waals surface area contributed by atoms with Gasteiger partial charge in [0.05, 0.1) is 5.92 Å². The van der Waals surface area contributed by atoms with Crippen molar-refractivity contribution in [1.29, 1.82) is 0 Å². The van der Waals surface area contributed by atoms with Gasteiger partial charge in [0.25, 0.3) is 0 Å². The fourth-order valence-electron chi connectivity index (χ4n) is 4.04. The van der Waals surface area contributed by atoms with Gasteiger partial charge in [0, 0.05) is 42.0 Å². The van der Waals surface area contributed by atoms with Crippen LogP contribution in [0.4, 0.5) is 0 Å². The van der Waals surface area contributed by atoms with Crippen molar-refractivity contribution in [3.05, 3.63) is 57.8 Å². The Kier molecular flexibility index (Phi) is 4.42. The summed E-state index contributed by atoms with van der Waals surface area (Å²) in [6.07, 6.45) is 2.19. The third-order valence-corrected chi connectivity index (χ3v) is 6.23. The largest absolute Gasteiger partial charge is 0.334 e. The molecular formula is C20H24N2OS. The molecule has 0 spiro atoms. The van der Waals surface area contributed by atoms with E-state index in [1.165, 1.54) is 15.3 Å². The molecule has 1 aromatic carbocycles. The van der Waals surface area contributed by atoms with Crippen LogP contribution in [0.5, 0.6) is 0 Å². The maximum Gasteiger partial charge on any atom is 0.227 e. The van der Waals surface area contributed by atoms with Gasteiger partial charge in [-0.25, -0.2) is 0 Å². The first-order valence-electron chi connectivity index (χ1n) is 8.81. The highest BCUT2D eigenvalue weighted by Gasteiger charge is 2.40. The van der Waals surface area contributed by atoms with E-state index in [1.54, 1.807) is 0 Å². The van der Waals surface area contributed by atoms with Crippen LogP contribution in [0.25, 0.3) is 0 Å². The molecule has 0 radical (unpaired) electrons. The number of piperidine rings is 1. The lowest BCUT2D eigenvalue weighted by atomic mass is 9.93. The fraction of sp³-hybridized carbons (Fsp3) is 0.450. The molecule has 0 N–H and O–H groups in total. The summed E-state index contributed by atoms with van der Waals surface area (Å²) in [4.78, 5) is 20.3. The number of carbonyl (C=O) groups is 1. The predicted molar refractivity (Wildman–Crippen MR) is 97.8 cm³/mol. The summed E-state index contributed by atoms with van der Waals surface area (Å²) in [7, 11) is 0. The SMILES string of the molecule is Cc1ccc(CN2C[C@H]3CC[C@@H](C2)N(Cc2ccccc2)C3=O)s1. The van der Waals surface area contributed by atoms with Gasteiger partial charge in [-0.15, -0.1) is 11.3 Å². The lowest BCUT2D eigenvalue weighted by Gasteiger charge is -2.36. The normalized spacial score (nSPS) is 24.4. The molecule has 2 aromatic rings. The molecule has 3 saturated heterocycles. The van der Waals surface area contributed by atoms with Crippen LogP contribution in [0, 0.1) is 12.8 Å². The van der Waals surface area contributed by atoms with Gasteiger partial charge in [-0.05, 0) is 37.5 Å². The number of aryl methyl sites for hydroxylation is 1. The van der Waals surface area contributed by atoms with Gasteiger partial charge >= 0.3 is 0 Å². The minimum absolute atomic E-state index is 0.175. The molecule has 3 nitrogen and oxygen atoms in total. The summed E-state index contributed by atoms with van der Waals surface area (Å²) in [5.41, 5.74) is 1.24. The summed E-state index contributed by atoms with van der Waals surface area (Å²) in [6, 6.07) is 15.2. The van der Waals surface area contributed by atoms with Gasteiger partial charge in [0.15, 0.2) is 0 Å². The van der Waals surface area contributed by atoms with E-state index in [0.717, 1.165) is 39.0 Å². The zero-order valence-electron chi connectivity index (χ0n) is 14.1. The molecule has 0 saturated carbocycles. The van der Waals surface area contributed by atoms with E-state index in [2.05, 4.69) is 53.1 Å². The van der Waals surface area contributed by atoms with Crippen molar-refractivity contribution in [3.63, 3.8) is 0 Å². The molecule has 3 aliphatic rings. The Balaban J connectivity index is 1.50. The van der Waals surface area contributed by atoms with Crippen molar-refractivity contribution in [2.75, 3.05) is 13.1 Å². The maximum atomic E-state index is 12.9. The molecule has 1 amide bonds. The Morgan fingerprint density at radius 2 is 1.88 bits per heavy atom. The van der Waals surface area contributed by atoms with E-state index in [0.29, 0.717) is 11.9 Å². The number of rotatable bonds is 4. The third kappa shape index (κ3) is 3.26. The van der Waals surface area contributed by atoms with E-state index in [9.17, 15) is 4.79 Å². The van der Waals surface area contributed by atoms with Crippen LogP contribution in [-0.4, -0.2) is 34.8 Å². The number of fused-ring (bicyclic) bond motifs is 4. The van der Waals surface area contributed by atoms with Crippen LogP contribution in [0.2, 0.25) is 0 Å². The van der Waals surface area contributed by atoms with Crippen LogP contribution in [0.3, 0.4) is 0 Å². The first-order chi connectivity index (χ1) is 11.7. The Morgan fingerprint density at radius 3 is 2.62 bits per heavy atom. The highest BCUT2D eigenvalue weighted by atomic mass is 32.1. The molecule has 5 rings (SSSR count). The van der Waals surface area contributed by atoms with Gasteiger partial charge in [-0.1, -0.05) is 30.3 Å². The molecule has 2 bridgehead atoms. The lowest BCUT2D eigenvalue weighted by Crippen LogP contribution is -2.47. The van der Waals surface area contributed by atoms with Crippen molar-refractivity contribution in [2.45, 2.75) is 38.9 Å². The van der Waals surface area contributed by atoms with Crippen LogP contribution in [0.1, 0.15) is 28.2 Å². The van der Waals surface area contributed by atoms with E-state index in [4.69, 9.17) is 0 Å². The second kappa shape index (κ2) is 6.69.